The Kier molecular flexibility index (Phi) is 5.20. The summed E-state index contributed by atoms with van der Waals surface area (Å²) in [5.74, 6) is 0.375. The number of nitrogens with one attached hydrogen (secondary N) is 1. The van der Waals surface area contributed by atoms with E-state index in [9.17, 15) is 4.79 Å². The summed E-state index contributed by atoms with van der Waals surface area (Å²) < 4.78 is 6.98. The molecule has 0 unspecified atom stereocenters. The molecule has 0 amide bonds. The van der Waals surface area contributed by atoms with Crippen molar-refractivity contribution in [3.63, 3.8) is 0 Å². The molecule has 2 heterocycles. The Hall–Kier alpha value is -3.74. The Morgan fingerprint density at radius 2 is 1.86 bits per heavy atom. The third-order valence-electron chi connectivity index (χ3n) is 4.59. The molecule has 0 bridgehead atoms. The van der Waals surface area contributed by atoms with Gasteiger partial charge in [-0.2, -0.15) is 4.98 Å². The number of hydrogen-bond donors (Lipinski definition) is 1. The van der Waals surface area contributed by atoms with Crippen LogP contribution in [-0.4, -0.2) is 32.1 Å². The van der Waals surface area contributed by atoms with E-state index in [2.05, 4.69) is 20.3 Å². The van der Waals surface area contributed by atoms with Crippen LogP contribution in [0, 0.1) is 0 Å². The van der Waals surface area contributed by atoms with Crippen LogP contribution in [0.2, 0.25) is 0 Å². The van der Waals surface area contributed by atoms with Gasteiger partial charge < -0.3 is 10.1 Å². The van der Waals surface area contributed by atoms with Gasteiger partial charge in [-0.1, -0.05) is 42.5 Å². The van der Waals surface area contributed by atoms with Crippen LogP contribution in [0.1, 0.15) is 35.8 Å². The molecule has 7 heteroatoms. The van der Waals surface area contributed by atoms with E-state index in [0.717, 1.165) is 16.6 Å². The molecule has 0 saturated carbocycles. The van der Waals surface area contributed by atoms with Crippen LogP contribution in [0.3, 0.4) is 0 Å². The largest absolute Gasteiger partial charge is 0.462 e. The molecule has 146 valence electrons. The zero-order valence-electron chi connectivity index (χ0n) is 16.2. The second kappa shape index (κ2) is 8.10. The fraction of sp³-hybridized carbons (Fsp3) is 0.182. The standard InChI is InChI=1S/C22H21N5O2/c1-3-29-21(28)17-13-23-22(25-15(2)16-9-5-4-6-10-16)26-20(17)27-14-24-18-11-7-8-12-19(18)27/h4-15H,3H2,1-2H3,(H,23,25,26)/t15-/m0/s1. The maximum atomic E-state index is 12.5. The fourth-order valence-electron chi connectivity index (χ4n) is 3.13. The Morgan fingerprint density at radius 3 is 2.66 bits per heavy atom. The molecule has 7 nitrogen and oxygen atoms in total. The van der Waals surface area contributed by atoms with Gasteiger partial charge in [-0.25, -0.2) is 14.8 Å². The lowest BCUT2D eigenvalue weighted by Crippen LogP contribution is -2.15. The molecule has 1 atom stereocenters. The van der Waals surface area contributed by atoms with Crippen molar-refractivity contribution in [1.82, 2.24) is 19.5 Å². The monoisotopic (exact) mass is 387 g/mol. The molecule has 0 spiro atoms. The average Bonchev–Trinajstić information content (AvgIpc) is 3.18. The number of esters is 1. The second-order valence-corrected chi connectivity index (χ2v) is 6.53. The number of rotatable bonds is 6. The maximum Gasteiger partial charge on any atom is 0.343 e. The number of nitrogens with zero attached hydrogens (tertiary/aromatic N) is 4. The highest BCUT2D eigenvalue weighted by Crippen LogP contribution is 2.23. The number of benzene rings is 2. The molecular formula is C22H21N5O2. The van der Waals surface area contributed by atoms with E-state index in [1.807, 2.05) is 61.5 Å². The number of anilines is 1. The predicted octanol–water partition coefficient (Wildman–Crippen LogP) is 4.17. The minimum Gasteiger partial charge on any atom is -0.462 e. The molecular weight excluding hydrogens is 366 g/mol. The topological polar surface area (TPSA) is 81.9 Å². The van der Waals surface area contributed by atoms with Gasteiger partial charge in [0.15, 0.2) is 5.82 Å². The van der Waals surface area contributed by atoms with Crippen LogP contribution in [0.15, 0.2) is 67.1 Å². The average molecular weight is 387 g/mol. The summed E-state index contributed by atoms with van der Waals surface area (Å²) in [6, 6.07) is 17.7. The summed E-state index contributed by atoms with van der Waals surface area (Å²) in [5.41, 5.74) is 3.06. The van der Waals surface area contributed by atoms with Gasteiger partial charge in [0.1, 0.15) is 11.9 Å². The lowest BCUT2D eigenvalue weighted by molar-refractivity contribution is 0.0525. The van der Waals surface area contributed by atoms with Crippen molar-refractivity contribution in [3.05, 3.63) is 78.2 Å². The Labute approximate surface area is 168 Å². The number of fused-ring (bicyclic) bond motifs is 1. The van der Waals surface area contributed by atoms with Crippen molar-refractivity contribution in [1.29, 1.82) is 0 Å². The van der Waals surface area contributed by atoms with Gasteiger partial charge in [0, 0.05) is 6.20 Å². The van der Waals surface area contributed by atoms with Crippen molar-refractivity contribution >= 4 is 23.0 Å². The molecule has 4 rings (SSSR count). The van der Waals surface area contributed by atoms with Gasteiger partial charge in [0.2, 0.25) is 5.95 Å². The van der Waals surface area contributed by atoms with E-state index in [1.165, 1.54) is 6.20 Å². The first-order chi connectivity index (χ1) is 14.2. The summed E-state index contributed by atoms with van der Waals surface area (Å²) >= 11 is 0. The maximum absolute atomic E-state index is 12.5. The van der Waals surface area contributed by atoms with Gasteiger partial charge in [0.05, 0.1) is 23.7 Å². The quantitative estimate of drug-likeness (QED) is 0.500. The molecule has 29 heavy (non-hydrogen) atoms. The lowest BCUT2D eigenvalue weighted by Gasteiger charge is -2.16. The summed E-state index contributed by atoms with van der Waals surface area (Å²) in [4.78, 5) is 25.9. The van der Waals surface area contributed by atoms with Crippen LogP contribution >= 0.6 is 0 Å². The summed E-state index contributed by atoms with van der Waals surface area (Å²) in [6.45, 7) is 4.07. The molecule has 0 aliphatic heterocycles. The van der Waals surface area contributed by atoms with Gasteiger partial charge in [-0.15, -0.1) is 0 Å². The molecule has 2 aromatic carbocycles. The number of carbonyl (C=O) groups excluding carboxylic acids is 1. The molecule has 4 aromatic rings. The molecule has 1 N–H and O–H groups in total. The van der Waals surface area contributed by atoms with E-state index in [0.29, 0.717) is 11.8 Å². The summed E-state index contributed by atoms with van der Waals surface area (Å²) in [5, 5.41) is 3.30. The van der Waals surface area contributed by atoms with Crippen LogP contribution in [0.5, 0.6) is 0 Å². The van der Waals surface area contributed by atoms with E-state index in [-0.39, 0.29) is 18.2 Å². The smallest absolute Gasteiger partial charge is 0.343 e. The third kappa shape index (κ3) is 3.80. The van der Waals surface area contributed by atoms with Crippen LogP contribution in [0.4, 0.5) is 5.95 Å². The van der Waals surface area contributed by atoms with Gasteiger partial charge in [0.25, 0.3) is 0 Å². The first-order valence-corrected chi connectivity index (χ1v) is 9.45. The highest BCUT2D eigenvalue weighted by atomic mass is 16.5. The number of carbonyl (C=O) groups is 1. The van der Waals surface area contributed by atoms with Crippen molar-refractivity contribution in [2.45, 2.75) is 19.9 Å². The Bertz CT molecular complexity index is 1140. The number of hydrogen-bond acceptors (Lipinski definition) is 6. The number of aromatic nitrogens is 4. The second-order valence-electron chi connectivity index (χ2n) is 6.53. The van der Waals surface area contributed by atoms with Gasteiger partial charge in [-0.05, 0) is 31.5 Å². The van der Waals surface area contributed by atoms with Crippen molar-refractivity contribution in [3.8, 4) is 5.82 Å². The van der Waals surface area contributed by atoms with E-state index in [4.69, 9.17) is 4.74 Å². The zero-order chi connectivity index (χ0) is 20.2. The van der Waals surface area contributed by atoms with Crippen LogP contribution in [0.25, 0.3) is 16.9 Å². The van der Waals surface area contributed by atoms with Crippen LogP contribution < -0.4 is 5.32 Å². The molecule has 0 aliphatic carbocycles. The van der Waals surface area contributed by atoms with Gasteiger partial charge in [-0.3, -0.25) is 4.57 Å². The first-order valence-electron chi connectivity index (χ1n) is 9.45. The highest BCUT2D eigenvalue weighted by molar-refractivity contribution is 5.93. The van der Waals surface area contributed by atoms with E-state index >= 15 is 0 Å². The predicted molar refractivity (Wildman–Crippen MR) is 111 cm³/mol. The Morgan fingerprint density at radius 1 is 1.10 bits per heavy atom. The van der Waals surface area contributed by atoms with Crippen molar-refractivity contribution in [2.24, 2.45) is 0 Å². The Balaban J connectivity index is 1.76. The first kappa shape index (κ1) is 18.6. The molecule has 2 aromatic heterocycles. The summed E-state index contributed by atoms with van der Waals surface area (Å²) in [7, 11) is 0. The minimum atomic E-state index is -0.470. The third-order valence-corrected chi connectivity index (χ3v) is 4.59. The molecule has 0 radical (unpaired) electrons. The van der Waals surface area contributed by atoms with E-state index in [1.54, 1.807) is 17.8 Å². The number of ether oxygens (including phenoxy) is 1. The minimum absolute atomic E-state index is 0.00275. The van der Waals surface area contributed by atoms with Crippen molar-refractivity contribution in [2.75, 3.05) is 11.9 Å². The lowest BCUT2D eigenvalue weighted by atomic mass is 10.1. The van der Waals surface area contributed by atoms with Gasteiger partial charge >= 0.3 is 5.97 Å². The zero-order valence-corrected chi connectivity index (χ0v) is 16.2. The molecule has 0 saturated heterocycles. The van der Waals surface area contributed by atoms with E-state index < -0.39 is 5.97 Å². The SMILES string of the molecule is CCOC(=O)c1cnc(N[C@@H](C)c2ccccc2)nc1-n1cnc2ccccc21. The molecule has 0 fully saturated rings. The highest BCUT2D eigenvalue weighted by Gasteiger charge is 2.20. The summed E-state index contributed by atoms with van der Waals surface area (Å²) in [6.07, 6.45) is 3.15. The molecule has 0 aliphatic rings. The van der Waals surface area contributed by atoms with Crippen LogP contribution in [-0.2, 0) is 4.74 Å². The normalized spacial score (nSPS) is 11.9. The fourth-order valence-corrected chi connectivity index (χ4v) is 3.13. The number of para-hydroxylation sites is 2. The number of imidazole rings is 1. The van der Waals surface area contributed by atoms with Crippen molar-refractivity contribution < 1.29 is 9.53 Å².